The van der Waals surface area contributed by atoms with Crippen LogP contribution in [0.25, 0.3) is 11.1 Å². The van der Waals surface area contributed by atoms with E-state index in [1.165, 1.54) is 6.07 Å². The number of nitrogens with zero attached hydrogens (tertiary/aromatic N) is 6. The van der Waals surface area contributed by atoms with Crippen molar-refractivity contribution in [2.45, 2.75) is 19.5 Å². The van der Waals surface area contributed by atoms with Crippen LogP contribution in [-0.4, -0.2) is 98.5 Å². The van der Waals surface area contributed by atoms with Crippen LogP contribution in [0.4, 0.5) is 13.2 Å². The fraction of sp³-hybridized carbons (Fsp3) is 0.190. The van der Waals surface area contributed by atoms with E-state index in [4.69, 9.17) is 29.7 Å². The van der Waals surface area contributed by atoms with Crippen molar-refractivity contribution in [2.75, 3.05) is 33.4 Å². The molecule has 314 valence electrons. The molecule has 61 heavy (non-hydrogen) atoms. The summed E-state index contributed by atoms with van der Waals surface area (Å²) in [6.45, 7) is 1.73. The Hall–Kier alpha value is -6.57. The molecule has 14 nitrogen and oxygen atoms in total. The summed E-state index contributed by atoms with van der Waals surface area (Å²) in [5, 5.41) is 17.3. The quantitative estimate of drug-likeness (QED) is 0.178. The van der Waals surface area contributed by atoms with E-state index < -0.39 is 19.2 Å². The van der Waals surface area contributed by atoms with Crippen LogP contribution in [0.1, 0.15) is 37.8 Å². The van der Waals surface area contributed by atoms with E-state index in [1.54, 1.807) is 84.2 Å². The number of aromatic nitrogens is 4. The number of benzene rings is 4. The summed E-state index contributed by atoms with van der Waals surface area (Å²) < 4.78 is 87.9. The number of carbonyl (C=O) groups excluding carboxylic acids is 2. The highest BCUT2D eigenvalue weighted by molar-refractivity contribution is 9.10. The van der Waals surface area contributed by atoms with Crippen LogP contribution in [0.3, 0.4) is 0 Å². The number of hydrogen-bond donors (Lipinski definition) is 2. The van der Waals surface area contributed by atoms with Crippen molar-refractivity contribution in [1.82, 2.24) is 29.7 Å². The van der Waals surface area contributed by atoms with Gasteiger partial charge < -0.3 is 38.8 Å². The van der Waals surface area contributed by atoms with Crippen LogP contribution < -0.4 is 24.4 Å². The van der Waals surface area contributed by atoms with Gasteiger partial charge in [0.15, 0.2) is 0 Å². The fourth-order valence-corrected chi connectivity index (χ4v) is 6.02. The van der Waals surface area contributed by atoms with Gasteiger partial charge in [0.05, 0.1) is 49.9 Å². The molecule has 6 aromatic rings. The number of methoxy groups -OCH3 is 1. The molecule has 2 aromatic heterocycles. The maximum absolute atomic E-state index is 13.2. The molecule has 0 bridgehead atoms. The Morgan fingerprint density at radius 1 is 0.738 bits per heavy atom. The predicted octanol–water partition coefficient (Wildman–Crippen LogP) is 5.73. The third kappa shape index (κ3) is 12.5. The molecular formula is C42H37BBrF3N6O8. The second-order valence-electron chi connectivity index (χ2n) is 12.7. The van der Waals surface area contributed by atoms with E-state index in [1.807, 2.05) is 0 Å². The molecule has 2 aliphatic heterocycles. The largest absolute Gasteiger partial charge is 0.573 e. The number of carbonyl (C=O) groups is 2. The summed E-state index contributed by atoms with van der Waals surface area (Å²) in [7, 11) is -0.119. The summed E-state index contributed by atoms with van der Waals surface area (Å²) in [4.78, 5) is 45.7. The van der Waals surface area contributed by atoms with E-state index in [0.717, 1.165) is 29.8 Å². The van der Waals surface area contributed by atoms with Crippen molar-refractivity contribution in [3.63, 3.8) is 0 Å². The van der Waals surface area contributed by atoms with Crippen LogP contribution in [0.15, 0.2) is 126 Å². The topological polar surface area (TPSA) is 170 Å². The lowest BCUT2D eigenvalue weighted by molar-refractivity contribution is -0.274. The van der Waals surface area contributed by atoms with Crippen LogP contribution in [0, 0.1) is 0 Å². The van der Waals surface area contributed by atoms with Crippen LogP contribution in [0.5, 0.6) is 23.0 Å². The third-order valence-corrected chi connectivity index (χ3v) is 9.05. The van der Waals surface area contributed by atoms with Gasteiger partial charge in [-0.2, -0.15) is 0 Å². The molecule has 2 aliphatic rings. The average Bonchev–Trinajstić information content (AvgIpc) is 3.55. The zero-order chi connectivity index (χ0) is 46.8. The van der Waals surface area contributed by atoms with E-state index >= 15 is 0 Å². The number of hydrogen-bond acceptors (Lipinski definition) is 12. The average molecular weight is 906 g/mol. The summed E-state index contributed by atoms with van der Waals surface area (Å²) in [6, 6.07) is 17.9. The molecule has 0 aliphatic carbocycles. The number of halogens is 4. The smallest absolute Gasteiger partial charge is 0.497 e. The zero-order valence-electron chi connectivity index (χ0n) is 36.1. The minimum absolute atomic E-state index is 0.00592. The highest BCUT2D eigenvalue weighted by atomic mass is 79.9. The van der Waals surface area contributed by atoms with Gasteiger partial charge in [-0.25, -0.2) is 19.9 Å². The van der Waals surface area contributed by atoms with Crippen LogP contribution in [-0.2, 0) is 13.1 Å². The van der Waals surface area contributed by atoms with Gasteiger partial charge in [0.25, 0.3) is 11.8 Å². The van der Waals surface area contributed by atoms with Gasteiger partial charge in [-0.1, -0.05) is 46.2 Å². The SMILES string of the molecule is OB(O)c1ccc(OC(F)(F)F)cc1.[2H]c1c(-c2ccc(OC)cc2)cc2c(c1[2H])OCCN(Cc1ncccn1)C2=O.[2H]c1c(Br)cc2c(c1[2H])OCCN(Cc1ncccn1)C2=O. The third-order valence-electron chi connectivity index (χ3n) is 8.62. The maximum atomic E-state index is 13.2. The van der Waals surface area contributed by atoms with E-state index in [0.29, 0.717) is 40.5 Å². The minimum atomic E-state index is -4.74. The molecule has 0 radical (unpaired) electrons. The highest BCUT2D eigenvalue weighted by Gasteiger charge is 2.31. The highest BCUT2D eigenvalue weighted by Crippen LogP contribution is 2.31. The van der Waals surface area contributed by atoms with E-state index in [2.05, 4.69) is 40.6 Å². The fourth-order valence-electron chi connectivity index (χ4n) is 5.69. The minimum Gasteiger partial charge on any atom is -0.497 e. The standard InChI is InChI=1S/C21H19N3O3.C14H12BrN3O2.C7H6BF3O3/c1-26-17-6-3-15(4-7-17)16-5-8-19-18(13-16)21(25)24(11-12-27-19)14-20-22-9-2-10-23-20;15-10-2-3-12-11(8-10)14(19)18(6-7-20-12)9-13-16-4-1-5-17-13;9-7(10,11)14-6-3-1-5(2-4-6)8(12)13/h2-10,13H,11-12,14H2,1H3;1-5,8H,6-7,9H2;1-4,12-13H/i5D,8D;2D,3D;. The molecule has 0 saturated heterocycles. The molecule has 0 atom stereocenters. The van der Waals surface area contributed by atoms with Crippen LogP contribution in [0.2, 0.25) is 0 Å². The van der Waals surface area contributed by atoms with Gasteiger partial charge >= 0.3 is 13.5 Å². The summed E-state index contributed by atoms with van der Waals surface area (Å²) >= 11 is 3.21. The number of fused-ring (bicyclic) bond motifs is 2. The second kappa shape index (κ2) is 20.6. The predicted molar refractivity (Wildman–Crippen MR) is 220 cm³/mol. The van der Waals surface area contributed by atoms with Crippen molar-refractivity contribution in [1.29, 1.82) is 0 Å². The van der Waals surface area contributed by atoms with Crippen molar-refractivity contribution in [3.8, 4) is 34.1 Å². The molecule has 0 spiro atoms. The Labute approximate surface area is 362 Å². The molecule has 19 heteroatoms. The Morgan fingerprint density at radius 2 is 1.23 bits per heavy atom. The normalized spacial score (nSPS) is 14.2. The number of amides is 2. The first kappa shape index (κ1) is 38.6. The lowest BCUT2D eigenvalue weighted by Gasteiger charge is -2.19. The molecule has 2 amide bonds. The zero-order valence-corrected chi connectivity index (χ0v) is 33.7. The lowest BCUT2D eigenvalue weighted by Crippen LogP contribution is -2.32. The molecule has 0 fully saturated rings. The van der Waals surface area contributed by atoms with Gasteiger partial charge in [-0.05, 0) is 83.2 Å². The lowest BCUT2D eigenvalue weighted by atomic mass is 9.80. The van der Waals surface area contributed by atoms with Gasteiger partial charge in [0, 0.05) is 29.3 Å². The first-order valence-corrected chi connectivity index (χ1v) is 19.0. The Balaban J connectivity index is 0.000000172. The Morgan fingerprint density at radius 3 is 1.72 bits per heavy atom. The van der Waals surface area contributed by atoms with Gasteiger partial charge in [0.2, 0.25) is 0 Å². The van der Waals surface area contributed by atoms with E-state index in [-0.39, 0.29) is 90.4 Å². The molecule has 0 saturated carbocycles. The van der Waals surface area contributed by atoms with Crippen molar-refractivity contribution in [3.05, 3.63) is 149 Å². The van der Waals surface area contributed by atoms with Crippen molar-refractivity contribution >= 4 is 40.3 Å². The number of ether oxygens (including phenoxy) is 4. The molecule has 0 unspecified atom stereocenters. The summed E-state index contributed by atoms with van der Waals surface area (Å²) in [5.41, 5.74) is 1.86. The summed E-state index contributed by atoms with van der Waals surface area (Å²) in [6.07, 6.45) is 1.77. The van der Waals surface area contributed by atoms with Crippen molar-refractivity contribution in [2.24, 2.45) is 0 Å². The Bertz CT molecular complexity index is 2610. The van der Waals surface area contributed by atoms with E-state index in [9.17, 15) is 22.8 Å². The van der Waals surface area contributed by atoms with Crippen LogP contribution >= 0.6 is 15.9 Å². The number of rotatable bonds is 8. The first-order valence-electron chi connectivity index (χ1n) is 20.2. The maximum Gasteiger partial charge on any atom is 0.573 e. The number of alkyl halides is 3. The van der Waals surface area contributed by atoms with Gasteiger partial charge in [-0.15, -0.1) is 13.2 Å². The molecular weight excluding hydrogens is 864 g/mol. The molecule has 4 heterocycles. The van der Waals surface area contributed by atoms with Gasteiger partial charge in [0.1, 0.15) is 47.9 Å². The second-order valence-corrected chi connectivity index (χ2v) is 13.6. The van der Waals surface area contributed by atoms with Gasteiger partial charge in [-0.3, -0.25) is 9.59 Å². The summed E-state index contributed by atoms with van der Waals surface area (Å²) in [5.74, 6) is 1.15. The monoisotopic (exact) mass is 904 g/mol. The van der Waals surface area contributed by atoms with Crippen molar-refractivity contribution < 1.29 is 57.2 Å². The molecule has 8 rings (SSSR count). The first-order chi connectivity index (χ1) is 31.0. The molecule has 4 aromatic carbocycles. The molecule has 2 N–H and O–H groups in total. The Kier molecular flexibility index (Phi) is 13.0.